The van der Waals surface area contributed by atoms with Crippen LogP contribution < -0.4 is 4.74 Å². The average Bonchev–Trinajstić information content (AvgIpc) is 3.11. The topological polar surface area (TPSA) is 68.5 Å². The Labute approximate surface area is 158 Å². The molecule has 3 aromatic rings. The van der Waals surface area contributed by atoms with Crippen LogP contribution in [0.5, 0.6) is 5.75 Å². The van der Waals surface area contributed by atoms with Gasteiger partial charge in [0.25, 0.3) is 5.91 Å². The van der Waals surface area contributed by atoms with E-state index in [-0.39, 0.29) is 19.1 Å². The molecule has 6 heteroatoms. The number of aromatic nitrogens is 2. The fourth-order valence-electron chi connectivity index (χ4n) is 2.54. The van der Waals surface area contributed by atoms with Crippen LogP contribution in [0.25, 0.3) is 11.4 Å². The van der Waals surface area contributed by atoms with Gasteiger partial charge in [0.15, 0.2) is 6.61 Å². The minimum atomic E-state index is -0.161. The molecule has 0 saturated carbocycles. The highest BCUT2D eigenvalue weighted by molar-refractivity contribution is 5.77. The molecule has 0 N–H and O–H groups in total. The summed E-state index contributed by atoms with van der Waals surface area (Å²) in [4.78, 5) is 18.2. The van der Waals surface area contributed by atoms with Crippen molar-refractivity contribution in [1.82, 2.24) is 15.0 Å². The third kappa shape index (κ3) is 4.73. The lowest BCUT2D eigenvalue weighted by molar-refractivity contribution is -0.132. The van der Waals surface area contributed by atoms with Crippen LogP contribution in [0.15, 0.2) is 47.0 Å². The zero-order valence-electron chi connectivity index (χ0n) is 16.0. The fourth-order valence-corrected chi connectivity index (χ4v) is 2.54. The zero-order valence-corrected chi connectivity index (χ0v) is 16.0. The highest BCUT2D eigenvalue weighted by Crippen LogP contribution is 2.19. The number of amides is 1. The van der Waals surface area contributed by atoms with Gasteiger partial charge in [-0.25, -0.2) is 0 Å². The number of nitrogens with zero attached hydrogens (tertiary/aromatic N) is 3. The van der Waals surface area contributed by atoms with Crippen LogP contribution in [0, 0.1) is 20.8 Å². The molecule has 0 aliphatic heterocycles. The molecule has 0 fully saturated rings. The number of rotatable bonds is 6. The van der Waals surface area contributed by atoms with E-state index in [1.807, 2.05) is 63.2 Å². The minimum absolute atomic E-state index is 0.0419. The molecular formula is C21H23N3O3. The molecule has 140 valence electrons. The van der Waals surface area contributed by atoms with E-state index in [0.29, 0.717) is 11.7 Å². The molecule has 0 spiro atoms. The van der Waals surface area contributed by atoms with Crippen molar-refractivity contribution < 1.29 is 14.1 Å². The number of hydrogen-bond acceptors (Lipinski definition) is 5. The van der Waals surface area contributed by atoms with Crippen LogP contribution in [0.3, 0.4) is 0 Å². The van der Waals surface area contributed by atoms with Crippen molar-refractivity contribution in [2.45, 2.75) is 27.3 Å². The van der Waals surface area contributed by atoms with Gasteiger partial charge in [0, 0.05) is 12.6 Å². The summed E-state index contributed by atoms with van der Waals surface area (Å²) in [5, 5.41) is 3.99. The molecule has 0 unspecified atom stereocenters. The van der Waals surface area contributed by atoms with Crippen LogP contribution in [0.1, 0.15) is 22.6 Å². The number of aryl methyl sites for hydroxylation is 3. The number of carbonyl (C=O) groups excluding carboxylic acids is 1. The standard InChI is InChI=1S/C21H23N3O3/c1-14-6-9-17(10-7-14)21-22-19(27-23-21)12-24(4)20(25)13-26-18-11-15(2)5-8-16(18)3/h5-11H,12-13H2,1-4H3. The first-order valence-corrected chi connectivity index (χ1v) is 8.76. The summed E-state index contributed by atoms with van der Waals surface area (Å²) < 4.78 is 10.9. The lowest BCUT2D eigenvalue weighted by atomic mass is 10.1. The fraction of sp³-hybridized carbons (Fsp3) is 0.286. The Morgan fingerprint density at radius 3 is 2.52 bits per heavy atom. The largest absolute Gasteiger partial charge is 0.483 e. The number of carbonyl (C=O) groups is 1. The van der Waals surface area contributed by atoms with Gasteiger partial charge in [0.1, 0.15) is 5.75 Å². The minimum Gasteiger partial charge on any atom is -0.483 e. The van der Waals surface area contributed by atoms with E-state index in [4.69, 9.17) is 9.26 Å². The average molecular weight is 365 g/mol. The van der Waals surface area contributed by atoms with Crippen molar-refractivity contribution in [2.75, 3.05) is 13.7 Å². The Morgan fingerprint density at radius 1 is 1.07 bits per heavy atom. The van der Waals surface area contributed by atoms with Crippen LogP contribution in [0.2, 0.25) is 0 Å². The maximum Gasteiger partial charge on any atom is 0.260 e. The highest BCUT2D eigenvalue weighted by atomic mass is 16.5. The smallest absolute Gasteiger partial charge is 0.260 e. The van der Waals surface area contributed by atoms with Crippen LogP contribution >= 0.6 is 0 Å². The summed E-state index contributed by atoms with van der Waals surface area (Å²) in [6.45, 7) is 6.15. The monoisotopic (exact) mass is 365 g/mol. The van der Waals surface area contributed by atoms with E-state index in [9.17, 15) is 4.79 Å². The van der Waals surface area contributed by atoms with Gasteiger partial charge in [-0.05, 0) is 38.0 Å². The molecule has 3 rings (SSSR count). The Morgan fingerprint density at radius 2 is 1.78 bits per heavy atom. The second-order valence-electron chi connectivity index (χ2n) is 6.69. The van der Waals surface area contributed by atoms with Gasteiger partial charge in [0.2, 0.25) is 11.7 Å². The molecule has 0 radical (unpaired) electrons. The van der Waals surface area contributed by atoms with E-state index in [1.165, 1.54) is 4.90 Å². The molecule has 2 aromatic carbocycles. The predicted octanol–water partition coefficient (Wildman–Crippen LogP) is 3.70. The summed E-state index contributed by atoms with van der Waals surface area (Å²) >= 11 is 0. The Hall–Kier alpha value is -3.15. The molecule has 1 heterocycles. The summed E-state index contributed by atoms with van der Waals surface area (Å²) in [7, 11) is 1.69. The predicted molar refractivity (Wildman–Crippen MR) is 102 cm³/mol. The van der Waals surface area contributed by atoms with Gasteiger partial charge in [-0.15, -0.1) is 0 Å². The van der Waals surface area contributed by atoms with Crippen molar-refractivity contribution >= 4 is 5.91 Å². The normalized spacial score (nSPS) is 10.7. The first-order valence-electron chi connectivity index (χ1n) is 8.76. The van der Waals surface area contributed by atoms with Crippen LogP contribution in [-0.2, 0) is 11.3 Å². The number of ether oxygens (including phenoxy) is 1. The molecule has 6 nitrogen and oxygen atoms in total. The Balaban J connectivity index is 1.58. The first kappa shape index (κ1) is 18.6. The van der Waals surface area contributed by atoms with Gasteiger partial charge in [-0.1, -0.05) is 47.1 Å². The van der Waals surface area contributed by atoms with E-state index in [2.05, 4.69) is 10.1 Å². The molecule has 27 heavy (non-hydrogen) atoms. The molecule has 0 aliphatic carbocycles. The third-order valence-corrected chi connectivity index (χ3v) is 4.27. The molecule has 1 aromatic heterocycles. The Bertz CT molecular complexity index is 932. The summed E-state index contributed by atoms with van der Waals surface area (Å²) in [5.41, 5.74) is 4.13. The zero-order chi connectivity index (χ0) is 19.4. The molecule has 0 atom stereocenters. The molecule has 1 amide bonds. The summed E-state index contributed by atoms with van der Waals surface area (Å²) in [5.74, 6) is 1.45. The second-order valence-corrected chi connectivity index (χ2v) is 6.69. The maximum atomic E-state index is 12.3. The lowest BCUT2D eigenvalue weighted by Gasteiger charge is -2.16. The van der Waals surface area contributed by atoms with E-state index in [0.717, 1.165) is 28.0 Å². The van der Waals surface area contributed by atoms with Crippen molar-refractivity contribution in [1.29, 1.82) is 0 Å². The van der Waals surface area contributed by atoms with Gasteiger partial charge in [0.05, 0.1) is 6.54 Å². The molecular weight excluding hydrogens is 342 g/mol. The van der Waals surface area contributed by atoms with E-state index < -0.39 is 0 Å². The van der Waals surface area contributed by atoms with Crippen molar-refractivity contribution in [3.8, 4) is 17.1 Å². The SMILES string of the molecule is Cc1ccc(-c2noc(CN(C)C(=O)COc3cc(C)ccc3C)n2)cc1. The second kappa shape index (κ2) is 8.03. The van der Waals surface area contributed by atoms with Gasteiger partial charge in [-0.2, -0.15) is 4.98 Å². The molecule has 0 bridgehead atoms. The summed E-state index contributed by atoms with van der Waals surface area (Å²) in [6.07, 6.45) is 0. The van der Waals surface area contributed by atoms with Gasteiger partial charge >= 0.3 is 0 Å². The Kier molecular flexibility index (Phi) is 5.54. The van der Waals surface area contributed by atoms with E-state index in [1.54, 1.807) is 7.05 Å². The van der Waals surface area contributed by atoms with Crippen molar-refractivity contribution in [2.24, 2.45) is 0 Å². The first-order chi connectivity index (χ1) is 12.9. The number of hydrogen-bond donors (Lipinski definition) is 0. The summed E-state index contributed by atoms with van der Waals surface area (Å²) in [6, 6.07) is 13.8. The third-order valence-electron chi connectivity index (χ3n) is 4.27. The van der Waals surface area contributed by atoms with Crippen LogP contribution in [-0.4, -0.2) is 34.6 Å². The highest BCUT2D eigenvalue weighted by Gasteiger charge is 2.15. The van der Waals surface area contributed by atoms with Crippen molar-refractivity contribution in [3.63, 3.8) is 0 Å². The molecule has 0 aliphatic rings. The maximum absolute atomic E-state index is 12.3. The number of benzene rings is 2. The molecule has 0 saturated heterocycles. The lowest BCUT2D eigenvalue weighted by Crippen LogP contribution is -2.31. The van der Waals surface area contributed by atoms with Crippen LogP contribution in [0.4, 0.5) is 0 Å². The quantitative estimate of drug-likeness (QED) is 0.666. The number of likely N-dealkylation sites (N-methyl/N-ethyl adjacent to an activating group) is 1. The van der Waals surface area contributed by atoms with E-state index >= 15 is 0 Å². The van der Waals surface area contributed by atoms with Gasteiger partial charge < -0.3 is 14.2 Å². The van der Waals surface area contributed by atoms with Gasteiger partial charge in [-0.3, -0.25) is 4.79 Å². The van der Waals surface area contributed by atoms with Crippen molar-refractivity contribution in [3.05, 3.63) is 65.0 Å².